The number of aliphatic hydroxyl groups is 1. The average molecular weight is 254 g/mol. The second kappa shape index (κ2) is 3.03. The second-order valence-corrected chi connectivity index (χ2v) is 7.83. The highest BCUT2D eigenvalue weighted by atomic mass is 32.3. The van der Waals surface area contributed by atoms with Crippen molar-refractivity contribution in [2.24, 2.45) is 10.7 Å². The van der Waals surface area contributed by atoms with E-state index in [1.165, 1.54) is 11.8 Å². The van der Waals surface area contributed by atoms with E-state index in [1.807, 2.05) is 0 Å². The van der Waals surface area contributed by atoms with E-state index in [2.05, 4.69) is 4.99 Å². The molecule has 0 aromatic carbocycles. The summed E-state index contributed by atoms with van der Waals surface area (Å²) in [5.74, 6) is -0.0287. The highest BCUT2D eigenvalue weighted by Gasteiger charge is 2.61. The van der Waals surface area contributed by atoms with Gasteiger partial charge in [0.1, 0.15) is 0 Å². The molecule has 2 heterocycles. The zero-order valence-corrected chi connectivity index (χ0v) is 9.82. The Hall–Kier alpha value is 0.0800. The van der Waals surface area contributed by atoms with Gasteiger partial charge >= 0.3 is 0 Å². The van der Waals surface area contributed by atoms with E-state index >= 15 is 0 Å². The van der Waals surface area contributed by atoms with Crippen LogP contribution in [-0.2, 0) is 9.84 Å². The van der Waals surface area contributed by atoms with Gasteiger partial charge in [0.05, 0.1) is 11.0 Å². The highest BCUT2D eigenvalue weighted by Crippen LogP contribution is 2.47. The number of aliphatic imine (C=N–C) groups is 1. The Bertz CT molecular complexity index is 393. The monoisotopic (exact) mass is 254 g/mol. The molecule has 1 fully saturated rings. The summed E-state index contributed by atoms with van der Waals surface area (Å²) >= 11 is 2.24. The number of hydrogen-bond donors (Lipinski definition) is 2. The molecular formula is C6H10N2O3S3. The van der Waals surface area contributed by atoms with Crippen molar-refractivity contribution in [3.63, 3.8) is 0 Å². The quantitative estimate of drug-likeness (QED) is 0.638. The lowest BCUT2D eigenvalue weighted by atomic mass is 10.2. The standard InChI is InChI=1S/C6H10N2O3S3/c1-12-3-2-14(10,11)4-6(3,9)8-5(7)13-4/h3-4,9H,2H2,1H3,(H2,7,8). The number of hydrogen-bond acceptors (Lipinski definition) is 7. The molecule has 0 aliphatic carbocycles. The number of sulfone groups is 1. The number of thioether (sulfide) groups is 2. The Balaban J connectivity index is 2.48. The Morgan fingerprint density at radius 3 is 3.00 bits per heavy atom. The summed E-state index contributed by atoms with van der Waals surface area (Å²) in [6.45, 7) is 0. The van der Waals surface area contributed by atoms with Crippen LogP contribution < -0.4 is 5.73 Å². The molecule has 2 rings (SSSR count). The number of amidine groups is 1. The third-order valence-corrected chi connectivity index (χ3v) is 7.49. The summed E-state index contributed by atoms with van der Waals surface area (Å²) < 4.78 is 22.4. The van der Waals surface area contributed by atoms with Crippen molar-refractivity contribution < 1.29 is 13.5 Å². The lowest BCUT2D eigenvalue weighted by molar-refractivity contribution is 0.0786. The average Bonchev–Trinajstić information content (AvgIpc) is 2.46. The van der Waals surface area contributed by atoms with Gasteiger partial charge in [-0.05, 0) is 6.26 Å². The maximum absolute atomic E-state index is 11.6. The van der Waals surface area contributed by atoms with E-state index in [9.17, 15) is 13.5 Å². The fraction of sp³-hybridized carbons (Fsp3) is 0.833. The minimum Gasteiger partial charge on any atom is -0.378 e. The molecule has 0 bridgehead atoms. The molecule has 14 heavy (non-hydrogen) atoms. The van der Waals surface area contributed by atoms with Gasteiger partial charge in [0.15, 0.2) is 25.3 Å². The number of nitrogens with zero attached hydrogens (tertiary/aromatic N) is 1. The molecule has 0 radical (unpaired) electrons. The number of fused-ring (bicyclic) bond motifs is 1. The third kappa shape index (κ3) is 1.28. The predicted molar refractivity (Wildman–Crippen MR) is 59.0 cm³/mol. The van der Waals surface area contributed by atoms with E-state index in [1.54, 1.807) is 6.26 Å². The van der Waals surface area contributed by atoms with Crippen LogP contribution in [0.25, 0.3) is 0 Å². The van der Waals surface area contributed by atoms with E-state index in [0.29, 0.717) is 0 Å². The zero-order valence-electron chi connectivity index (χ0n) is 7.37. The summed E-state index contributed by atoms with van der Waals surface area (Å²) in [7, 11) is -3.28. The third-order valence-electron chi connectivity index (χ3n) is 2.33. The summed E-state index contributed by atoms with van der Waals surface area (Å²) in [4.78, 5) is 3.84. The van der Waals surface area contributed by atoms with Crippen molar-refractivity contribution in [2.45, 2.75) is 15.6 Å². The van der Waals surface area contributed by atoms with Crippen LogP contribution in [0.5, 0.6) is 0 Å². The molecule has 0 aromatic rings. The molecule has 5 nitrogen and oxygen atoms in total. The van der Waals surface area contributed by atoms with Crippen molar-refractivity contribution in [1.29, 1.82) is 0 Å². The molecule has 1 saturated heterocycles. The van der Waals surface area contributed by atoms with Gasteiger partial charge in [-0.1, -0.05) is 11.8 Å². The van der Waals surface area contributed by atoms with Crippen LogP contribution in [0.1, 0.15) is 0 Å². The smallest absolute Gasteiger partial charge is 0.198 e. The van der Waals surface area contributed by atoms with Gasteiger partial charge in [0, 0.05) is 0 Å². The van der Waals surface area contributed by atoms with E-state index < -0.39 is 25.4 Å². The molecular weight excluding hydrogens is 244 g/mol. The largest absolute Gasteiger partial charge is 0.378 e. The maximum atomic E-state index is 11.6. The SMILES string of the molecule is CSC1CS(=O)(=O)C2SC(N)=NC12O. The van der Waals surface area contributed by atoms with Crippen LogP contribution in [0, 0.1) is 0 Å². The van der Waals surface area contributed by atoms with Crippen molar-refractivity contribution in [2.75, 3.05) is 12.0 Å². The molecule has 3 unspecified atom stereocenters. The topological polar surface area (TPSA) is 92.8 Å². The van der Waals surface area contributed by atoms with Gasteiger partial charge in [-0.2, -0.15) is 11.8 Å². The van der Waals surface area contributed by atoms with Crippen molar-refractivity contribution in [3.8, 4) is 0 Å². The normalized spacial score (nSPS) is 44.9. The van der Waals surface area contributed by atoms with Gasteiger partial charge in [-0.25, -0.2) is 13.4 Å². The van der Waals surface area contributed by atoms with Crippen molar-refractivity contribution in [1.82, 2.24) is 0 Å². The Labute approximate surface area is 90.5 Å². The summed E-state index contributed by atoms with van der Waals surface area (Å²) in [6, 6.07) is 0. The number of nitrogens with two attached hydrogens (primary N) is 1. The van der Waals surface area contributed by atoms with Crippen LogP contribution >= 0.6 is 23.5 Å². The zero-order chi connectivity index (χ0) is 10.6. The summed E-state index contributed by atoms with van der Waals surface area (Å²) in [6.07, 6.45) is 1.76. The first-order chi connectivity index (χ1) is 6.40. The summed E-state index contributed by atoms with van der Waals surface area (Å²) in [5, 5.41) is 9.85. The minimum atomic E-state index is -3.28. The second-order valence-electron chi connectivity index (χ2n) is 3.24. The first-order valence-electron chi connectivity index (χ1n) is 3.89. The molecule has 0 amide bonds. The lowest BCUT2D eigenvalue weighted by Crippen LogP contribution is -2.40. The predicted octanol–water partition coefficient (Wildman–Crippen LogP) is -0.777. The van der Waals surface area contributed by atoms with Crippen LogP contribution in [0.3, 0.4) is 0 Å². The first-order valence-corrected chi connectivity index (χ1v) is 7.77. The van der Waals surface area contributed by atoms with Crippen LogP contribution in [0.15, 0.2) is 4.99 Å². The molecule has 3 atom stereocenters. The van der Waals surface area contributed by atoms with Crippen molar-refractivity contribution in [3.05, 3.63) is 0 Å². The lowest BCUT2D eigenvalue weighted by Gasteiger charge is -2.22. The van der Waals surface area contributed by atoms with Crippen molar-refractivity contribution >= 4 is 38.5 Å². The molecule has 2 aliphatic heterocycles. The molecule has 0 saturated carbocycles. The van der Waals surface area contributed by atoms with Crippen LogP contribution in [0.2, 0.25) is 0 Å². The van der Waals surface area contributed by atoms with Crippen LogP contribution in [-0.4, -0.2) is 46.3 Å². The maximum Gasteiger partial charge on any atom is 0.198 e. The van der Waals surface area contributed by atoms with Gasteiger partial charge < -0.3 is 10.8 Å². The molecule has 2 aliphatic rings. The fourth-order valence-corrected chi connectivity index (χ4v) is 7.01. The molecule has 80 valence electrons. The van der Waals surface area contributed by atoms with E-state index in [4.69, 9.17) is 5.73 Å². The molecule has 3 N–H and O–H groups in total. The Kier molecular flexibility index (Phi) is 2.30. The van der Waals surface area contributed by atoms with E-state index in [-0.39, 0.29) is 10.9 Å². The highest BCUT2D eigenvalue weighted by molar-refractivity contribution is 8.23. The molecule has 8 heteroatoms. The number of rotatable bonds is 1. The van der Waals surface area contributed by atoms with Gasteiger partial charge in [0.25, 0.3) is 0 Å². The Morgan fingerprint density at radius 1 is 1.79 bits per heavy atom. The fourth-order valence-electron chi connectivity index (χ4n) is 1.68. The minimum absolute atomic E-state index is 0.0287. The van der Waals surface area contributed by atoms with Gasteiger partial charge in [-0.15, -0.1) is 0 Å². The van der Waals surface area contributed by atoms with Gasteiger partial charge in [0.2, 0.25) is 0 Å². The molecule has 0 aromatic heterocycles. The summed E-state index contributed by atoms with van der Waals surface area (Å²) in [5.41, 5.74) is 3.91. The van der Waals surface area contributed by atoms with Crippen LogP contribution in [0.4, 0.5) is 0 Å². The first kappa shape index (κ1) is 10.6. The Morgan fingerprint density at radius 2 is 2.43 bits per heavy atom. The van der Waals surface area contributed by atoms with Gasteiger partial charge in [-0.3, -0.25) is 0 Å². The molecule has 0 spiro atoms. The van der Waals surface area contributed by atoms with E-state index in [0.717, 1.165) is 11.8 Å².